The summed E-state index contributed by atoms with van der Waals surface area (Å²) in [5, 5.41) is 8.56. The normalized spacial score (nSPS) is 9.69. The van der Waals surface area contributed by atoms with Crippen LogP contribution >= 0.6 is 0 Å². The second kappa shape index (κ2) is 3.84. The predicted molar refractivity (Wildman–Crippen MR) is 47.9 cm³/mol. The van der Waals surface area contributed by atoms with E-state index in [1.807, 2.05) is 18.9 Å². The number of carbonyl (C=O) groups is 1. The van der Waals surface area contributed by atoms with Gasteiger partial charge >= 0.3 is 5.97 Å². The summed E-state index contributed by atoms with van der Waals surface area (Å²) in [7, 11) is 1.87. The summed E-state index contributed by atoms with van der Waals surface area (Å²) in [6.07, 6.45) is 2.71. The van der Waals surface area contributed by atoms with E-state index in [2.05, 4.69) is 9.97 Å². The summed E-state index contributed by atoms with van der Waals surface area (Å²) in [4.78, 5) is 20.0. The van der Waals surface area contributed by atoms with Crippen LogP contribution in [0.2, 0.25) is 0 Å². The van der Waals surface area contributed by atoms with Crippen LogP contribution in [0.25, 0.3) is 0 Å². The molecule has 1 aromatic heterocycles. The lowest BCUT2D eigenvalue weighted by Gasteiger charge is -2.14. The van der Waals surface area contributed by atoms with E-state index in [0.717, 1.165) is 6.54 Å². The quantitative estimate of drug-likeness (QED) is 0.740. The van der Waals surface area contributed by atoms with Gasteiger partial charge in [-0.2, -0.15) is 0 Å². The van der Waals surface area contributed by atoms with E-state index < -0.39 is 5.97 Å². The Hall–Kier alpha value is -1.65. The number of anilines is 1. The highest BCUT2D eigenvalue weighted by molar-refractivity contribution is 5.84. The first-order valence-corrected chi connectivity index (χ1v) is 3.91. The molecule has 0 bridgehead atoms. The monoisotopic (exact) mass is 181 g/mol. The van der Waals surface area contributed by atoms with Crippen LogP contribution < -0.4 is 4.90 Å². The van der Waals surface area contributed by atoms with Gasteiger partial charge in [0.25, 0.3) is 0 Å². The minimum atomic E-state index is -1.06. The minimum Gasteiger partial charge on any atom is -0.476 e. The average molecular weight is 181 g/mol. The molecule has 0 atom stereocenters. The molecule has 1 N–H and O–H groups in total. The molecule has 5 heteroatoms. The number of hydrogen-bond donors (Lipinski definition) is 1. The zero-order chi connectivity index (χ0) is 9.84. The Morgan fingerprint density at radius 2 is 2.23 bits per heavy atom. The van der Waals surface area contributed by atoms with Gasteiger partial charge in [0.1, 0.15) is 5.82 Å². The summed E-state index contributed by atoms with van der Waals surface area (Å²) < 4.78 is 0. The van der Waals surface area contributed by atoms with Crippen LogP contribution in [0, 0.1) is 0 Å². The van der Waals surface area contributed by atoms with Crippen molar-refractivity contribution < 1.29 is 9.90 Å². The van der Waals surface area contributed by atoms with Crippen molar-refractivity contribution in [1.82, 2.24) is 9.97 Å². The molecule has 13 heavy (non-hydrogen) atoms. The number of carboxylic acid groups (broad SMARTS) is 1. The SMILES string of the molecule is CCN(C)c1cnc(C(=O)O)cn1. The molecule has 0 amide bonds. The molecule has 0 saturated heterocycles. The summed E-state index contributed by atoms with van der Waals surface area (Å²) in [6, 6.07) is 0. The van der Waals surface area contributed by atoms with Crippen LogP contribution in [-0.4, -0.2) is 34.6 Å². The maximum atomic E-state index is 10.4. The lowest BCUT2D eigenvalue weighted by molar-refractivity contribution is 0.0690. The first kappa shape index (κ1) is 9.44. The Balaban J connectivity index is 2.87. The minimum absolute atomic E-state index is 0.0340. The molecule has 0 aliphatic heterocycles. The van der Waals surface area contributed by atoms with Gasteiger partial charge in [-0.1, -0.05) is 0 Å². The molecule has 0 aromatic carbocycles. The summed E-state index contributed by atoms with van der Waals surface area (Å²) >= 11 is 0. The van der Waals surface area contributed by atoms with Crippen molar-refractivity contribution in [3.05, 3.63) is 18.1 Å². The zero-order valence-electron chi connectivity index (χ0n) is 7.56. The number of carboxylic acids is 1. The molecule has 0 spiro atoms. The highest BCUT2D eigenvalue weighted by atomic mass is 16.4. The molecule has 1 rings (SSSR count). The predicted octanol–water partition coefficient (Wildman–Crippen LogP) is 0.631. The maximum absolute atomic E-state index is 10.4. The van der Waals surface area contributed by atoms with E-state index in [-0.39, 0.29) is 5.69 Å². The Labute approximate surface area is 76.0 Å². The van der Waals surface area contributed by atoms with E-state index in [1.54, 1.807) is 0 Å². The second-order valence-corrected chi connectivity index (χ2v) is 2.58. The number of aromatic nitrogens is 2. The topological polar surface area (TPSA) is 66.3 Å². The molecule has 0 fully saturated rings. The van der Waals surface area contributed by atoms with Gasteiger partial charge in [-0.25, -0.2) is 14.8 Å². The van der Waals surface area contributed by atoms with Crippen LogP contribution in [0.4, 0.5) is 5.82 Å². The first-order valence-electron chi connectivity index (χ1n) is 3.91. The maximum Gasteiger partial charge on any atom is 0.356 e. The fourth-order valence-electron chi connectivity index (χ4n) is 0.791. The Morgan fingerprint density at radius 3 is 2.62 bits per heavy atom. The van der Waals surface area contributed by atoms with Gasteiger partial charge < -0.3 is 10.0 Å². The van der Waals surface area contributed by atoms with Gasteiger partial charge in [0.05, 0.1) is 12.4 Å². The van der Waals surface area contributed by atoms with Crippen LogP contribution in [-0.2, 0) is 0 Å². The molecule has 0 aliphatic rings. The molecular weight excluding hydrogens is 170 g/mol. The van der Waals surface area contributed by atoms with E-state index in [1.165, 1.54) is 12.4 Å². The summed E-state index contributed by atoms with van der Waals surface area (Å²) in [5.41, 5.74) is -0.0340. The molecule has 70 valence electrons. The Morgan fingerprint density at radius 1 is 1.54 bits per heavy atom. The van der Waals surface area contributed by atoms with E-state index in [4.69, 9.17) is 5.11 Å². The highest BCUT2D eigenvalue weighted by Crippen LogP contribution is 2.05. The highest BCUT2D eigenvalue weighted by Gasteiger charge is 2.05. The largest absolute Gasteiger partial charge is 0.476 e. The molecule has 0 radical (unpaired) electrons. The van der Waals surface area contributed by atoms with Gasteiger partial charge in [0, 0.05) is 13.6 Å². The lowest BCUT2D eigenvalue weighted by Crippen LogP contribution is -2.17. The molecule has 1 heterocycles. The Bertz CT molecular complexity index is 297. The van der Waals surface area contributed by atoms with Gasteiger partial charge in [-0.3, -0.25) is 0 Å². The third kappa shape index (κ3) is 2.14. The van der Waals surface area contributed by atoms with Gasteiger partial charge in [-0.15, -0.1) is 0 Å². The summed E-state index contributed by atoms with van der Waals surface area (Å²) in [6.45, 7) is 2.79. The standard InChI is InChI=1S/C8H11N3O2/c1-3-11(2)7-5-9-6(4-10-7)8(12)13/h4-5H,3H2,1-2H3,(H,12,13). The third-order valence-electron chi connectivity index (χ3n) is 1.72. The fourth-order valence-corrected chi connectivity index (χ4v) is 0.791. The van der Waals surface area contributed by atoms with Crippen molar-refractivity contribution in [2.24, 2.45) is 0 Å². The second-order valence-electron chi connectivity index (χ2n) is 2.58. The lowest BCUT2D eigenvalue weighted by atomic mass is 10.4. The van der Waals surface area contributed by atoms with Crippen molar-refractivity contribution >= 4 is 11.8 Å². The van der Waals surface area contributed by atoms with Crippen molar-refractivity contribution in [1.29, 1.82) is 0 Å². The molecule has 1 aromatic rings. The first-order chi connectivity index (χ1) is 6.15. The average Bonchev–Trinajstić information content (AvgIpc) is 2.17. The van der Waals surface area contributed by atoms with Crippen LogP contribution in [0.1, 0.15) is 17.4 Å². The molecule has 0 saturated carbocycles. The molecule has 0 aliphatic carbocycles. The van der Waals surface area contributed by atoms with Crippen molar-refractivity contribution in [3.8, 4) is 0 Å². The summed E-state index contributed by atoms with van der Waals surface area (Å²) in [5.74, 6) is -0.384. The zero-order valence-corrected chi connectivity index (χ0v) is 7.56. The number of rotatable bonds is 3. The number of aromatic carboxylic acids is 1. The van der Waals surface area contributed by atoms with E-state index in [0.29, 0.717) is 5.82 Å². The molecular formula is C8H11N3O2. The van der Waals surface area contributed by atoms with Gasteiger partial charge in [0.2, 0.25) is 0 Å². The number of hydrogen-bond acceptors (Lipinski definition) is 4. The van der Waals surface area contributed by atoms with Crippen LogP contribution in [0.3, 0.4) is 0 Å². The fraction of sp³-hybridized carbons (Fsp3) is 0.375. The molecule has 0 unspecified atom stereocenters. The van der Waals surface area contributed by atoms with E-state index >= 15 is 0 Å². The van der Waals surface area contributed by atoms with Gasteiger partial charge in [-0.05, 0) is 6.92 Å². The van der Waals surface area contributed by atoms with Crippen molar-refractivity contribution in [2.75, 3.05) is 18.5 Å². The third-order valence-corrected chi connectivity index (χ3v) is 1.72. The Kier molecular flexibility index (Phi) is 2.79. The van der Waals surface area contributed by atoms with Crippen LogP contribution in [0.15, 0.2) is 12.4 Å². The van der Waals surface area contributed by atoms with Crippen molar-refractivity contribution in [3.63, 3.8) is 0 Å². The van der Waals surface area contributed by atoms with E-state index in [9.17, 15) is 4.79 Å². The molecule has 5 nitrogen and oxygen atoms in total. The number of nitrogens with zero attached hydrogens (tertiary/aromatic N) is 3. The smallest absolute Gasteiger partial charge is 0.356 e. The van der Waals surface area contributed by atoms with Crippen molar-refractivity contribution in [2.45, 2.75) is 6.92 Å². The van der Waals surface area contributed by atoms with Crippen LogP contribution in [0.5, 0.6) is 0 Å². The van der Waals surface area contributed by atoms with Gasteiger partial charge in [0.15, 0.2) is 5.69 Å².